The molecule has 0 N–H and O–H groups in total. The Bertz CT molecular complexity index is 1120. The maximum absolute atomic E-state index is 12.9. The van der Waals surface area contributed by atoms with Crippen molar-refractivity contribution in [3.8, 4) is 0 Å². The third kappa shape index (κ3) is 4.54. The molecule has 3 aromatic rings. The van der Waals surface area contributed by atoms with Gasteiger partial charge in [-0.1, -0.05) is 36.4 Å². The lowest BCUT2D eigenvalue weighted by Crippen LogP contribution is -2.64. The number of rotatable bonds is 5. The second-order valence-corrected chi connectivity index (χ2v) is 9.00. The van der Waals surface area contributed by atoms with Crippen molar-refractivity contribution in [2.45, 2.75) is 6.04 Å². The highest BCUT2D eigenvalue weighted by molar-refractivity contribution is 5.95. The SMILES string of the molecule is CN(c1ccccc1)c1ccc(C(=O)N2CC(N3CCN(C(=O)c4ccccc4)CC3)C2)cc1. The third-order valence-corrected chi connectivity index (χ3v) is 6.93. The zero-order valence-corrected chi connectivity index (χ0v) is 19.5. The number of piperazine rings is 1. The summed E-state index contributed by atoms with van der Waals surface area (Å²) >= 11 is 0. The summed E-state index contributed by atoms with van der Waals surface area (Å²) in [5.74, 6) is 0.190. The van der Waals surface area contributed by atoms with Crippen LogP contribution in [0, 0.1) is 0 Å². The van der Waals surface area contributed by atoms with Crippen LogP contribution in [-0.2, 0) is 0 Å². The number of anilines is 2. The largest absolute Gasteiger partial charge is 0.345 e. The van der Waals surface area contributed by atoms with Crippen molar-refractivity contribution in [2.24, 2.45) is 0 Å². The minimum absolute atomic E-state index is 0.0862. The summed E-state index contributed by atoms with van der Waals surface area (Å²) in [7, 11) is 2.03. The van der Waals surface area contributed by atoms with Gasteiger partial charge in [-0.25, -0.2) is 0 Å². The van der Waals surface area contributed by atoms with Crippen LogP contribution in [0.4, 0.5) is 11.4 Å². The van der Waals surface area contributed by atoms with Crippen molar-refractivity contribution in [1.29, 1.82) is 0 Å². The van der Waals surface area contributed by atoms with Gasteiger partial charge in [0.2, 0.25) is 0 Å². The quantitative estimate of drug-likeness (QED) is 0.589. The molecule has 0 spiro atoms. The van der Waals surface area contributed by atoms with Crippen molar-refractivity contribution in [3.63, 3.8) is 0 Å². The van der Waals surface area contributed by atoms with Crippen molar-refractivity contribution < 1.29 is 9.59 Å². The highest BCUT2D eigenvalue weighted by Crippen LogP contribution is 2.25. The Morgan fingerprint density at radius 1 is 0.647 bits per heavy atom. The maximum atomic E-state index is 12.9. The van der Waals surface area contributed by atoms with E-state index in [2.05, 4.69) is 21.9 Å². The van der Waals surface area contributed by atoms with Crippen LogP contribution in [0.15, 0.2) is 84.9 Å². The fourth-order valence-corrected chi connectivity index (χ4v) is 4.72. The zero-order valence-electron chi connectivity index (χ0n) is 19.5. The van der Waals surface area contributed by atoms with Crippen LogP contribution in [0.3, 0.4) is 0 Å². The number of amides is 2. The monoisotopic (exact) mass is 454 g/mol. The molecule has 6 nitrogen and oxygen atoms in total. The van der Waals surface area contributed by atoms with E-state index in [9.17, 15) is 9.59 Å². The summed E-state index contributed by atoms with van der Waals surface area (Å²) in [5.41, 5.74) is 3.63. The molecule has 0 aliphatic carbocycles. The van der Waals surface area contributed by atoms with E-state index in [1.807, 2.05) is 89.6 Å². The first-order valence-electron chi connectivity index (χ1n) is 11.9. The Morgan fingerprint density at radius 2 is 1.15 bits per heavy atom. The van der Waals surface area contributed by atoms with Gasteiger partial charge < -0.3 is 14.7 Å². The van der Waals surface area contributed by atoms with E-state index in [4.69, 9.17) is 0 Å². The smallest absolute Gasteiger partial charge is 0.253 e. The molecule has 3 aromatic carbocycles. The number of likely N-dealkylation sites (tertiary alicyclic amines) is 1. The zero-order chi connectivity index (χ0) is 23.5. The average molecular weight is 455 g/mol. The van der Waals surface area contributed by atoms with Crippen LogP contribution < -0.4 is 4.90 Å². The Kier molecular flexibility index (Phi) is 6.32. The van der Waals surface area contributed by atoms with E-state index in [-0.39, 0.29) is 11.8 Å². The molecule has 2 amide bonds. The Morgan fingerprint density at radius 3 is 1.76 bits per heavy atom. The van der Waals surface area contributed by atoms with Crippen LogP contribution in [0.5, 0.6) is 0 Å². The summed E-state index contributed by atoms with van der Waals surface area (Å²) in [6.07, 6.45) is 0. The standard InChI is InChI=1S/C28H30N4O2/c1-29(24-10-6-3-7-11-24)25-14-12-23(13-15-25)28(34)32-20-26(21-32)30-16-18-31(19-17-30)27(33)22-8-4-2-5-9-22/h2-15,26H,16-21H2,1H3. The number of benzene rings is 3. The highest BCUT2D eigenvalue weighted by Gasteiger charge is 2.37. The summed E-state index contributed by atoms with van der Waals surface area (Å²) in [5, 5.41) is 0. The fourth-order valence-electron chi connectivity index (χ4n) is 4.72. The van der Waals surface area contributed by atoms with Crippen LogP contribution >= 0.6 is 0 Å². The van der Waals surface area contributed by atoms with Crippen molar-refractivity contribution >= 4 is 23.2 Å². The number of hydrogen-bond acceptors (Lipinski definition) is 4. The average Bonchev–Trinajstić information content (AvgIpc) is 2.88. The van der Waals surface area contributed by atoms with Crippen LogP contribution in [0.1, 0.15) is 20.7 Å². The first-order valence-corrected chi connectivity index (χ1v) is 11.9. The molecule has 2 fully saturated rings. The van der Waals surface area contributed by atoms with Crippen LogP contribution in [0.2, 0.25) is 0 Å². The normalized spacial score (nSPS) is 16.7. The number of nitrogens with zero attached hydrogens (tertiary/aromatic N) is 4. The molecular weight excluding hydrogens is 424 g/mol. The minimum Gasteiger partial charge on any atom is -0.345 e. The minimum atomic E-state index is 0.0862. The van der Waals surface area contributed by atoms with Gasteiger partial charge in [0.15, 0.2) is 0 Å². The molecule has 174 valence electrons. The Hall–Kier alpha value is -3.64. The van der Waals surface area contributed by atoms with Gasteiger partial charge in [-0.2, -0.15) is 0 Å². The van der Waals surface area contributed by atoms with E-state index in [0.29, 0.717) is 6.04 Å². The molecule has 0 unspecified atom stereocenters. The van der Waals surface area contributed by atoms with Gasteiger partial charge >= 0.3 is 0 Å². The molecule has 2 saturated heterocycles. The van der Waals surface area contributed by atoms with Gasteiger partial charge in [-0.05, 0) is 48.5 Å². The third-order valence-electron chi connectivity index (χ3n) is 6.93. The van der Waals surface area contributed by atoms with E-state index >= 15 is 0 Å². The first kappa shape index (κ1) is 22.2. The molecule has 0 atom stereocenters. The molecular formula is C28H30N4O2. The molecule has 6 heteroatoms. The van der Waals surface area contributed by atoms with Gasteiger partial charge in [0, 0.05) is 74.9 Å². The summed E-state index contributed by atoms with van der Waals surface area (Å²) in [4.78, 5) is 34.0. The Balaban J connectivity index is 1.11. The summed E-state index contributed by atoms with van der Waals surface area (Å²) < 4.78 is 0. The van der Waals surface area contributed by atoms with Gasteiger partial charge in [0.05, 0.1) is 0 Å². The van der Waals surface area contributed by atoms with E-state index < -0.39 is 0 Å². The van der Waals surface area contributed by atoms with Gasteiger partial charge in [-0.3, -0.25) is 14.5 Å². The number of carbonyl (C=O) groups excluding carboxylic acids is 2. The number of para-hydroxylation sites is 1. The predicted molar refractivity (Wildman–Crippen MR) is 135 cm³/mol. The highest BCUT2D eigenvalue weighted by atomic mass is 16.2. The predicted octanol–water partition coefficient (Wildman–Crippen LogP) is 3.74. The Labute approximate surface area is 201 Å². The molecule has 0 aromatic heterocycles. The van der Waals surface area contributed by atoms with Crippen LogP contribution in [-0.4, -0.2) is 78.9 Å². The molecule has 5 rings (SSSR count). The molecule has 2 aliphatic heterocycles. The van der Waals surface area contributed by atoms with Crippen molar-refractivity contribution in [2.75, 3.05) is 51.2 Å². The van der Waals surface area contributed by atoms with Gasteiger partial charge in [-0.15, -0.1) is 0 Å². The summed E-state index contributed by atoms with van der Waals surface area (Å²) in [6, 6.07) is 27.9. The van der Waals surface area contributed by atoms with Gasteiger partial charge in [0.25, 0.3) is 11.8 Å². The van der Waals surface area contributed by atoms with E-state index in [1.165, 1.54) is 0 Å². The van der Waals surface area contributed by atoms with E-state index in [0.717, 1.165) is 61.8 Å². The molecule has 2 aliphatic rings. The number of hydrogen-bond donors (Lipinski definition) is 0. The topological polar surface area (TPSA) is 47.1 Å². The lowest BCUT2D eigenvalue weighted by atomic mass is 10.0. The fraction of sp³-hybridized carbons (Fsp3) is 0.286. The maximum Gasteiger partial charge on any atom is 0.253 e. The van der Waals surface area contributed by atoms with Crippen molar-refractivity contribution in [1.82, 2.24) is 14.7 Å². The number of carbonyl (C=O) groups is 2. The lowest BCUT2D eigenvalue weighted by molar-refractivity contribution is 0.00854. The molecule has 2 heterocycles. The second-order valence-electron chi connectivity index (χ2n) is 9.00. The molecule has 34 heavy (non-hydrogen) atoms. The summed E-state index contributed by atoms with van der Waals surface area (Å²) in [6.45, 7) is 4.66. The molecule has 0 bridgehead atoms. The first-order chi connectivity index (χ1) is 16.6. The van der Waals surface area contributed by atoms with Gasteiger partial charge in [0.1, 0.15) is 0 Å². The van der Waals surface area contributed by atoms with E-state index in [1.54, 1.807) is 0 Å². The molecule has 0 radical (unpaired) electrons. The van der Waals surface area contributed by atoms with Crippen molar-refractivity contribution in [3.05, 3.63) is 96.1 Å². The molecule has 0 saturated carbocycles. The van der Waals surface area contributed by atoms with Crippen LogP contribution in [0.25, 0.3) is 0 Å². The lowest BCUT2D eigenvalue weighted by Gasteiger charge is -2.48. The second kappa shape index (κ2) is 9.69.